The third-order valence-corrected chi connectivity index (χ3v) is 13.0. The highest BCUT2D eigenvalue weighted by Gasteiger charge is 2.28. The minimum absolute atomic E-state index is 0.169. The van der Waals surface area contributed by atoms with Crippen LogP contribution in [-0.4, -0.2) is 66.5 Å². The molecule has 0 saturated heterocycles. The van der Waals surface area contributed by atoms with Gasteiger partial charge >= 0.3 is 25.7 Å². The van der Waals surface area contributed by atoms with Gasteiger partial charge in [-0.05, 0) is 51.4 Å². The molecule has 68 heavy (non-hydrogen) atoms. The van der Waals surface area contributed by atoms with Crippen LogP contribution in [0.15, 0.2) is 36.5 Å². The van der Waals surface area contributed by atoms with Gasteiger partial charge in [0, 0.05) is 19.3 Å². The Kier molecular flexibility index (Phi) is 49.3. The van der Waals surface area contributed by atoms with Crippen LogP contribution in [0.2, 0.25) is 0 Å². The number of allylic oxidation sites excluding steroid dienone is 6. The van der Waals surface area contributed by atoms with Crippen molar-refractivity contribution in [3.8, 4) is 0 Å². The largest absolute Gasteiger partial charge is 0.472 e. The summed E-state index contributed by atoms with van der Waals surface area (Å²) in [5.74, 6) is -1.47. The van der Waals surface area contributed by atoms with Crippen LogP contribution in [0, 0.1) is 0 Å². The van der Waals surface area contributed by atoms with E-state index < -0.39 is 57.8 Å². The number of hydrogen-bond acceptors (Lipinski definition) is 10. The average molecular weight is 983 g/mol. The standard InChI is InChI=1S/C56H103O11P/c1-4-7-10-13-16-19-22-25-26-29-30-33-36-39-42-45-54(58)63-49-53(67-56(60)47-44-41-38-35-32-28-24-21-18-15-12-9-6-3)51-65-68(61,62)64-50-52(48-57)66-55(59)46-43-40-37-34-31-27-23-20-17-14-11-8-5-2/h7,10,16,19,25-26,52-53,57H,4-6,8-9,11-15,17-18,20-24,27-51H2,1-3H3,(H,61,62)/b10-7-,19-16-,26-25-. The number of esters is 3. The number of hydrogen-bond donors (Lipinski definition) is 2. The van der Waals surface area contributed by atoms with Crippen LogP contribution in [0.4, 0.5) is 0 Å². The number of aliphatic hydroxyl groups excluding tert-OH is 1. The molecule has 0 bridgehead atoms. The van der Waals surface area contributed by atoms with Crippen molar-refractivity contribution < 1.29 is 52.2 Å². The normalized spacial score (nSPS) is 13.7. The molecule has 0 aromatic carbocycles. The Labute approximate surface area is 416 Å². The van der Waals surface area contributed by atoms with Crippen molar-refractivity contribution in [2.24, 2.45) is 0 Å². The van der Waals surface area contributed by atoms with Gasteiger partial charge in [-0.2, -0.15) is 0 Å². The van der Waals surface area contributed by atoms with Gasteiger partial charge in [-0.25, -0.2) is 4.57 Å². The van der Waals surface area contributed by atoms with Crippen molar-refractivity contribution in [1.29, 1.82) is 0 Å². The van der Waals surface area contributed by atoms with E-state index in [1.165, 1.54) is 116 Å². The molecule has 0 fully saturated rings. The second-order valence-electron chi connectivity index (χ2n) is 18.7. The lowest BCUT2D eigenvalue weighted by Crippen LogP contribution is -2.30. The molecule has 0 aromatic heterocycles. The zero-order chi connectivity index (χ0) is 49.9. The summed E-state index contributed by atoms with van der Waals surface area (Å²) < 4.78 is 39.4. The Hall–Kier alpha value is -2.30. The van der Waals surface area contributed by atoms with Crippen LogP contribution >= 0.6 is 7.82 Å². The molecule has 0 rings (SSSR count). The summed E-state index contributed by atoms with van der Waals surface area (Å²) in [5, 5.41) is 9.79. The Morgan fingerprint density at radius 3 is 1.18 bits per heavy atom. The van der Waals surface area contributed by atoms with Crippen LogP contribution < -0.4 is 0 Å². The molecule has 11 nitrogen and oxygen atoms in total. The van der Waals surface area contributed by atoms with E-state index in [1.54, 1.807) is 0 Å². The van der Waals surface area contributed by atoms with E-state index >= 15 is 0 Å². The molecular formula is C56H103O11P. The van der Waals surface area contributed by atoms with Crippen molar-refractivity contribution in [3.05, 3.63) is 36.5 Å². The number of carbonyl (C=O) groups excluding carboxylic acids is 3. The van der Waals surface area contributed by atoms with Crippen LogP contribution in [0.1, 0.15) is 265 Å². The van der Waals surface area contributed by atoms with Gasteiger partial charge in [-0.15, -0.1) is 0 Å². The molecule has 0 aliphatic carbocycles. The lowest BCUT2D eigenvalue weighted by Gasteiger charge is -2.21. The number of ether oxygens (including phenoxy) is 3. The molecule has 0 radical (unpaired) electrons. The SMILES string of the molecule is CC/C=C\C/C=C\C/C=C\CCCCCCCC(=O)OCC(COP(=O)(O)OCC(CO)OC(=O)CCCCCCCCCCCCCCC)OC(=O)CCCCCCCCCCCCCCC. The maximum atomic E-state index is 12.9. The number of carbonyl (C=O) groups is 3. The van der Waals surface area contributed by atoms with Crippen LogP contribution in [0.5, 0.6) is 0 Å². The number of aliphatic hydroxyl groups is 1. The van der Waals surface area contributed by atoms with Crippen molar-refractivity contribution in [2.75, 3.05) is 26.4 Å². The summed E-state index contributed by atoms with van der Waals surface area (Å²) in [7, 11) is -4.74. The number of phosphoric acid groups is 1. The minimum atomic E-state index is -4.74. The zero-order valence-electron chi connectivity index (χ0n) is 43.8. The smallest absolute Gasteiger partial charge is 0.462 e. The molecule has 0 heterocycles. The van der Waals surface area contributed by atoms with Gasteiger partial charge in [0.1, 0.15) is 12.7 Å². The monoisotopic (exact) mass is 983 g/mol. The van der Waals surface area contributed by atoms with Gasteiger partial charge < -0.3 is 24.2 Å². The van der Waals surface area contributed by atoms with Gasteiger partial charge in [0.15, 0.2) is 6.10 Å². The van der Waals surface area contributed by atoms with Crippen molar-refractivity contribution in [2.45, 2.75) is 277 Å². The highest BCUT2D eigenvalue weighted by atomic mass is 31.2. The van der Waals surface area contributed by atoms with E-state index in [-0.39, 0.29) is 25.9 Å². The zero-order valence-corrected chi connectivity index (χ0v) is 44.7. The Morgan fingerprint density at radius 1 is 0.426 bits per heavy atom. The van der Waals surface area contributed by atoms with Gasteiger partial charge in [-0.1, -0.05) is 231 Å². The molecule has 3 unspecified atom stereocenters. The summed E-state index contributed by atoms with van der Waals surface area (Å²) in [5.41, 5.74) is 0. The predicted molar refractivity (Wildman–Crippen MR) is 279 cm³/mol. The van der Waals surface area contributed by atoms with Gasteiger partial charge in [-0.3, -0.25) is 23.4 Å². The van der Waals surface area contributed by atoms with Crippen LogP contribution in [0.3, 0.4) is 0 Å². The molecule has 0 aliphatic heterocycles. The van der Waals surface area contributed by atoms with Gasteiger partial charge in [0.25, 0.3) is 0 Å². The molecule has 398 valence electrons. The lowest BCUT2D eigenvalue weighted by molar-refractivity contribution is -0.161. The number of unbranched alkanes of at least 4 members (excludes halogenated alkanes) is 29. The first-order valence-electron chi connectivity index (χ1n) is 27.9. The lowest BCUT2D eigenvalue weighted by atomic mass is 10.0. The highest BCUT2D eigenvalue weighted by Crippen LogP contribution is 2.43. The third-order valence-electron chi connectivity index (χ3n) is 12.1. The van der Waals surface area contributed by atoms with Crippen molar-refractivity contribution in [3.63, 3.8) is 0 Å². The van der Waals surface area contributed by atoms with Gasteiger partial charge in [0.05, 0.1) is 19.8 Å². The first-order chi connectivity index (χ1) is 33.2. The predicted octanol–water partition coefficient (Wildman–Crippen LogP) is 16.0. The topological polar surface area (TPSA) is 155 Å². The molecule has 3 atom stereocenters. The molecule has 0 amide bonds. The first-order valence-corrected chi connectivity index (χ1v) is 29.4. The van der Waals surface area contributed by atoms with E-state index in [1.807, 2.05) is 0 Å². The highest BCUT2D eigenvalue weighted by molar-refractivity contribution is 7.47. The Balaban J connectivity index is 4.71. The van der Waals surface area contributed by atoms with Crippen LogP contribution in [0.25, 0.3) is 0 Å². The first kappa shape index (κ1) is 65.7. The van der Waals surface area contributed by atoms with E-state index in [9.17, 15) is 28.9 Å². The fourth-order valence-corrected chi connectivity index (χ4v) is 8.63. The van der Waals surface area contributed by atoms with E-state index in [0.717, 1.165) is 89.9 Å². The molecule has 12 heteroatoms. The second-order valence-corrected chi connectivity index (χ2v) is 20.2. The molecule has 0 saturated carbocycles. The fourth-order valence-electron chi connectivity index (χ4n) is 7.84. The molecule has 0 aliphatic rings. The quantitative estimate of drug-likeness (QED) is 0.0197. The fraction of sp³-hybridized carbons (Fsp3) is 0.839. The van der Waals surface area contributed by atoms with Crippen molar-refractivity contribution >= 4 is 25.7 Å². The molecule has 2 N–H and O–H groups in total. The number of rotatable bonds is 52. The summed E-state index contributed by atoms with van der Waals surface area (Å²) in [6.45, 7) is 4.54. The average Bonchev–Trinajstić information content (AvgIpc) is 3.32. The Morgan fingerprint density at radius 2 is 0.765 bits per heavy atom. The van der Waals surface area contributed by atoms with E-state index in [2.05, 4.69) is 57.2 Å². The van der Waals surface area contributed by atoms with E-state index in [4.69, 9.17) is 23.3 Å². The summed E-state index contributed by atoms with van der Waals surface area (Å²) in [4.78, 5) is 48.4. The maximum Gasteiger partial charge on any atom is 0.472 e. The minimum Gasteiger partial charge on any atom is -0.462 e. The summed E-state index contributed by atoms with van der Waals surface area (Å²) in [6, 6.07) is 0. The van der Waals surface area contributed by atoms with Crippen LogP contribution in [-0.2, 0) is 42.2 Å². The summed E-state index contributed by atoms with van der Waals surface area (Å²) in [6.07, 6.45) is 51.0. The molecule has 0 aromatic rings. The summed E-state index contributed by atoms with van der Waals surface area (Å²) >= 11 is 0. The third kappa shape index (κ3) is 48.7. The maximum absolute atomic E-state index is 12.9. The Bertz CT molecular complexity index is 1280. The second kappa shape index (κ2) is 51.1. The molecule has 0 spiro atoms. The van der Waals surface area contributed by atoms with Gasteiger partial charge in [0.2, 0.25) is 0 Å². The van der Waals surface area contributed by atoms with E-state index in [0.29, 0.717) is 19.3 Å². The number of phosphoric ester groups is 1. The molecular weight excluding hydrogens is 880 g/mol. The van der Waals surface area contributed by atoms with Crippen molar-refractivity contribution in [1.82, 2.24) is 0 Å².